The van der Waals surface area contributed by atoms with Gasteiger partial charge < -0.3 is 20.4 Å². The smallest absolute Gasteiger partial charge is 0.227 e. The first-order valence-electron chi connectivity index (χ1n) is 9.91. The van der Waals surface area contributed by atoms with Crippen LogP contribution in [0.5, 0.6) is 0 Å². The lowest BCUT2D eigenvalue weighted by Crippen LogP contribution is -2.44. The van der Waals surface area contributed by atoms with Crippen LogP contribution in [-0.4, -0.2) is 71.9 Å². The number of amides is 2. The first-order valence-corrected chi connectivity index (χ1v) is 9.91. The molecule has 2 aliphatic rings. The highest BCUT2D eigenvalue weighted by Crippen LogP contribution is 2.21. The fourth-order valence-electron chi connectivity index (χ4n) is 4.06. The minimum absolute atomic E-state index is 0.000230. The lowest BCUT2D eigenvalue weighted by atomic mass is 10.0. The van der Waals surface area contributed by atoms with Crippen LogP contribution in [0.2, 0.25) is 0 Å². The van der Waals surface area contributed by atoms with Crippen LogP contribution < -0.4 is 10.6 Å². The second-order valence-corrected chi connectivity index (χ2v) is 7.78. The predicted molar refractivity (Wildman–Crippen MR) is 105 cm³/mol. The molecule has 0 bridgehead atoms. The molecule has 2 amide bonds. The normalized spacial score (nSPS) is 24.3. The van der Waals surface area contributed by atoms with Crippen LogP contribution in [0.4, 0.5) is 5.69 Å². The molecular weight excluding hydrogens is 342 g/mol. The molecule has 7 heteroatoms. The maximum Gasteiger partial charge on any atom is 0.227 e. The molecule has 7 nitrogen and oxygen atoms in total. The summed E-state index contributed by atoms with van der Waals surface area (Å²) in [6.45, 7) is 7.82. The van der Waals surface area contributed by atoms with Crippen LogP contribution >= 0.6 is 0 Å². The van der Waals surface area contributed by atoms with Crippen LogP contribution in [0.3, 0.4) is 0 Å². The maximum absolute atomic E-state index is 13.1. The van der Waals surface area contributed by atoms with Crippen molar-refractivity contribution in [2.45, 2.75) is 39.2 Å². The van der Waals surface area contributed by atoms with Crippen LogP contribution in [0.1, 0.15) is 31.9 Å². The van der Waals surface area contributed by atoms with Gasteiger partial charge in [0.25, 0.3) is 0 Å². The van der Waals surface area contributed by atoms with Crippen LogP contribution in [0, 0.1) is 12.8 Å². The van der Waals surface area contributed by atoms with E-state index in [0.717, 1.165) is 44.6 Å². The van der Waals surface area contributed by atoms with Gasteiger partial charge in [0, 0.05) is 69.8 Å². The number of rotatable bonds is 2. The summed E-state index contributed by atoms with van der Waals surface area (Å²) in [5.74, 6) is 0.0283. The van der Waals surface area contributed by atoms with Crippen molar-refractivity contribution in [1.82, 2.24) is 14.8 Å². The van der Waals surface area contributed by atoms with Crippen LogP contribution in [0.25, 0.3) is 0 Å². The summed E-state index contributed by atoms with van der Waals surface area (Å²) in [4.78, 5) is 35.3. The highest BCUT2D eigenvalue weighted by atomic mass is 16.2. The van der Waals surface area contributed by atoms with Crippen molar-refractivity contribution in [3.8, 4) is 0 Å². The summed E-state index contributed by atoms with van der Waals surface area (Å²) in [6, 6.07) is 4.08. The largest absolute Gasteiger partial charge is 0.370 e. The molecule has 1 aromatic heterocycles. The third-order valence-electron chi connectivity index (χ3n) is 5.63. The predicted octanol–water partition coefficient (Wildman–Crippen LogP) is 1.01. The Kier molecular flexibility index (Phi) is 6.31. The first kappa shape index (κ1) is 19.6. The van der Waals surface area contributed by atoms with Gasteiger partial charge in [-0.3, -0.25) is 14.6 Å². The van der Waals surface area contributed by atoms with Gasteiger partial charge in [-0.25, -0.2) is 0 Å². The Balaban J connectivity index is 1.64. The number of nitrogens with zero attached hydrogens (tertiary/aromatic N) is 4. The molecule has 2 N–H and O–H groups in total. The Hall–Kier alpha value is -2.15. The van der Waals surface area contributed by atoms with Gasteiger partial charge in [-0.2, -0.15) is 0 Å². The van der Waals surface area contributed by atoms with E-state index in [1.54, 1.807) is 11.8 Å². The Morgan fingerprint density at radius 2 is 1.93 bits per heavy atom. The van der Waals surface area contributed by atoms with Crippen molar-refractivity contribution in [2.75, 3.05) is 44.2 Å². The molecule has 148 valence electrons. The second-order valence-electron chi connectivity index (χ2n) is 7.78. The topological polar surface area (TPSA) is 82.8 Å². The Labute approximate surface area is 161 Å². The van der Waals surface area contributed by atoms with E-state index in [0.29, 0.717) is 19.6 Å². The molecule has 2 fully saturated rings. The van der Waals surface area contributed by atoms with E-state index in [9.17, 15) is 9.59 Å². The summed E-state index contributed by atoms with van der Waals surface area (Å²) in [7, 11) is 0. The van der Waals surface area contributed by atoms with Gasteiger partial charge in [-0.05, 0) is 38.3 Å². The number of aryl methyl sites for hydroxylation is 1. The van der Waals surface area contributed by atoms with E-state index in [-0.39, 0.29) is 23.8 Å². The summed E-state index contributed by atoms with van der Waals surface area (Å²) in [5.41, 5.74) is 8.26. The molecule has 0 aromatic carbocycles. The number of carbonyl (C=O) groups excluding carboxylic acids is 2. The average molecular weight is 374 g/mol. The van der Waals surface area contributed by atoms with Crippen molar-refractivity contribution in [1.29, 1.82) is 0 Å². The van der Waals surface area contributed by atoms with Crippen molar-refractivity contribution in [2.24, 2.45) is 11.7 Å². The summed E-state index contributed by atoms with van der Waals surface area (Å²) in [5, 5.41) is 0. The third-order valence-corrected chi connectivity index (χ3v) is 5.63. The number of hydrogen-bond acceptors (Lipinski definition) is 5. The van der Waals surface area contributed by atoms with Gasteiger partial charge >= 0.3 is 0 Å². The molecule has 3 rings (SSSR count). The summed E-state index contributed by atoms with van der Waals surface area (Å²) < 4.78 is 0. The molecular formula is C20H31N5O2. The zero-order chi connectivity index (χ0) is 19.4. The van der Waals surface area contributed by atoms with E-state index >= 15 is 0 Å². The van der Waals surface area contributed by atoms with Gasteiger partial charge in [0.15, 0.2) is 0 Å². The van der Waals surface area contributed by atoms with E-state index in [1.807, 2.05) is 24.1 Å². The van der Waals surface area contributed by atoms with Gasteiger partial charge in [-0.15, -0.1) is 0 Å². The molecule has 0 saturated carbocycles. The first-order chi connectivity index (χ1) is 12.9. The zero-order valence-electron chi connectivity index (χ0n) is 16.4. The van der Waals surface area contributed by atoms with Crippen LogP contribution in [0.15, 0.2) is 18.3 Å². The van der Waals surface area contributed by atoms with Gasteiger partial charge in [0.05, 0.1) is 5.92 Å². The maximum atomic E-state index is 13.1. The summed E-state index contributed by atoms with van der Waals surface area (Å²) >= 11 is 0. The molecule has 1 aromatic rings. The van der Waals surface area contributed by atoms with E-state index in [2.05, 4.69) is 16.0 Å². The molecule has 0 unspecified atom stereocenters. The number of pyridine rings is 1. The average Bonchev–Trinajstić information content (AvgIpc) is 3.00. The Morgan fingerprint density at radius 3 is 2.67 bits per heavy atom. The number of carbonyl (C=O) groups is 2. The fraction of sp³-hybridized carbons (Fsp3) is 0.650. The Morgan fingerprint density at radius 1 is 1.11 bits per heavy atom. The lowest BCUT2D eigenvalue weighted by molar-refractivity contribution is -0.137. The number of nitrogens with two attached hydrogens (primary N) is 1. The number of anilines is 1. The third kappa shape index (κ3) is 4.97. The molecule has 0 radical (unpaired) electrons. The zero-order valence-corrected chi connectivity index (χ0v) is 16.4. The molecule has 0 aliphatic carbocycles. The standard InChI is InChI=1S/C20H31N5O2/c1-15-12-19(6-7-22-15)23-8-3-9-24(11-10-23)20(27)17-4-5-18(21)14-25(13-17)16(2)26/h6-7,12,17-18H,3-5,8-11,13-14,21H2,1-2H3/t17-,18+/m1/s1. The molecule has 2 saturated heterocycles. The molecule has 27 heavy (non-hydrogen) atoms. The number of aromatic nitrogens is 1. The minimum atomic E-state index is -0.142. The molecule has 3 heterocycles. The highest BCUT2D eigenvalue weighted by molar-refractivity contribution is 5.80. The second kappa shape index (κ2) is 8.69. The van der Waals surface area contributed by atoms with E-state index in [1.165, 1.54) is 5.69 Å². The van der Waals surface area contributed by atoms with Gasteiger partial charge in [-0.1, -0.05) is 0 Å². The van der Waals surface area contributed by atoms with Crippen molar-refractivity contribution >= 4 is 17.5 Å². The van der Waals surface area contributed by atoms with E-state index < -0.39 is 0 Å². The van der Waals surface area contributed by atoms with Gasteiger partial charge in [0.1, 0.15) is 0 Å². The molecule has 2 atom stereocenters. The van der Waals surface area contributed by atoms with Gasteiger partial charge in [0.2, 0.25) is 11.8 Å². The quantitative estimate of drug-likeness (QED) is 0.837. The van der Waals surface area contributed by atoms with E-state index in [4.69, 9.17) is 5.73 Å². The minimum Gasteiger partial charge on any atom is -0.370 e. The molecule has 2 aliphatic heterocycles. The monoisotopic (exact) mass is 373 g/mol. The van der Waals surface area contributed by atoms with Crippen molar-refractivity contribution in [3.05, 3.63) is 24.0 Å². The number of likely N-dealkylation sites (tertiary alicyclic amines) is 1. The Bertz CT molecular complexity index is 680. The molecule has 0 spiro atoms. The van der Waals surface area contributed by atoms with Crippen LogP contribution in [-0.2, 0) is 9.59 Å². The summed E-state index contributed by atoms with van der Waals surface area (Å²) in [6.07, 6.45) is 4.32. The van der Waals surface area contributed by atoms with Crippen molar-refractivity contribution in [3.63, 3.8) is 0 Å². The number of hydrogen-bond donors (Lipinski definition) is 1. The van der Waals surface area contributed by atoms with Crippen molar-refractivity contribution < 1.29 is 9.59 Å². The SMILES string of the molecule is CC(=O)N1C[C@@H](N)CC[C@@H](C(=O)N2CCCN(c3ccnc(C)c3)CC2)C1. The highest BCUT2D eigenvalue weighted by Gasteiger charge is 2.31. The fourth-order valence-corrected chi connectivity index (χ4v) is 4.06. The lowest BCUT2D eigenvalue weighted by Gasteiger charge is -2.28.